The Hall–Kier alpha value is -1.05. The third-order valence-corrected chi connectivity index (χ3v) is 3.89. The Bertz CT molecular complexity index is 494. The predicted octanol–water partition coefficient (Wildman–Crippen LogP) is 1.38. The second-order valence-corrected chi connectivity index (χ2v) is 5.08. The van der Waals surface area contributed by atoms with Gasteiger partial charge in [0.15, 0.2) is 5.82 Å². The van der Waals surface area contributed by atoms with Gasteiger partial charge in [0.1, 0.15) is 11.6 Å². The molecule has 0 aliphatic rings. The van der Waals surface area contributed by atoms with Gasteiger partial charge in [-0.3, -0.25) is 0 Å². The topological polar surface area (TPSA) is 78.3 Å². The average molecular weight is 255 g/mol. The second kappa shape index (κ2) is 5.07. The van der Waals surface area contributed by atoms with E-state index in [4.69, 9.17) is 10.5 Å². The minimum Gasteiger partial charge on any atom is -0.377 e. The van der Waals surface area contributed by atoms with Gasteiger partial charge >= 0.3 is 0 Å². The van der Waals surface area contributed by atoms with Gasteiger partial charge in [0.25, 0.3) is 0 Å². The van der Waals surface area contributed by atoms with Gasteiger partial charge in [-0.15, -0.1) is 10.2 Å². The third-order valence-electron chi connectivity index (χ3n) is 2.89. The Kier molecular flexibility index (Phi) is 3.70. The minimum atomic E-state index is -0.0397. The van der Waals surface area contributed by atoms with Crippen molar-refractivity contribution in [3.63, 3.8) is 0 Å². The van der Waals surface area contributed by atoms with Crippen LogP contribution in [0.4, 0.5) is 0 Å². The van der Waals surface area contributed by atoms with Crippen molar-refractivity contribution in [3.05, 3.63) is 10.8 Å². The summed E-state index contributed by atoms with van der Waals surface area (Å²) in [6.07, 6.45) is 1.03. The molecular weight excluding hydrogens is 238 g/mol. The fraction of sp³-hybridized carbons (Fsp3) is 0.700. The second-order valence-electron chi connectivity index (χ2n) is 4.10. The molecule has 0 fully saturated rings. The lowest BCUT2D eigenvalue weighted by Gasteiger charge is -2.14. The van der Waals surface area contributed by atoms with Crippen molar-refractivity contribution >= 4 is 16.3 Å². The van der Waals surface area contributed by atoms with Crippen LogP contribution >= 0.6 is 11.3 Å². The maximum Gasteiger partial charge on any atom is 0.234 e. The molecule has 2 heterocycles. The normalized spacial score (nSPS) is 15.3. The number of nitrogens with two attached hydrogens (primary N) is 1. The predicted molar refractivity (Wildman–Crippen MR) is 65.8 cm³/mol. The molecule has 0 saturated heterocycles. The Morgan fingerprint density at radius 3 is 2.88 bits per heavy atom. The van der Waals surface area contributed by atoms with E-state index < -0.39 is 0 Å². The fourth-order valence-corrected chi connectivity index (χ4v) is 2.52. The van der Waals surface area contributed by atoms with Crippen molar-refractivity contribution in [1.82, 2.24) is 19.8 Å². The van der Waals surface area contributed by atoms with E-state index in [1.54, 1.807) is 11.6 Å². The standard InChI is InChI=1S/C10H17N5OS/c1-4-6(2)8(11)9-14-15-7(5-16-3)12-13-10(15)17-9/h6,8H,4-5,11H2,1-3H3. The number of ether oxygens (including phenoxy) is 1. The van der Waals surface area contributed by atoms with E-state index in [-0.39, 0.29) is 6.04 Å². The number of nitrogens with zero attached hydrogens (tertiary/aromatic N) is 4. The van der Waals surface area contributed by atoms with Gasteiger partial charge < -0.3 is 10.5 Å². The maximum atomic E-state index is 6.15. The van der Waals surface area contributed by atoms with Crippen molar-refractivity contribution in [2.45, 2.75) is 32.9 Å². The molecular formula is C10H17N5OS. The zero-order valence-corrected chi connectivity index (χ0v) is 11.1. The number of methoxy groups -OCH3 is 1. The first-order chi connectivity index (χ1) is 8.17. The number of rotatable bonds is 5. The van der Waals surface area contributed by atoms with E-state index in [0.717, 1.165) is 16.4 Å². The average Bonchev–Trinajstić information content (AvgIpc) is 2.89. The fourth-order valence-electron chi connectivity index (χ4n) is 1.52. The number of hydrogen-bond donors (Lipinski definition) is 1. The van der Waals surface area contributed by atoms with Crippen LogP contribution in [0.3, 0.4) is 0 Å². The molecule has 17 heavy (non-hydrogen) atoms. The lowest BCUT2D eigenvalue weighted by Crippen LogP contribution is -2.18. The zero-order chi connectivity index (χ0) is 12.4. The van der Waals surface area contributed by atoms with Crippen molar-refractivity contribution in [2.24, 2.45) is 11.7 Å². The number of hydrogen-bond acceptors (Lipinski definition) is 6. The molecule has 0 bridgehead atoms. The van der Waals surface area contributed by atoms with Crippen LogP contribution in [-0.2, 0) is 11.3 Å². The third kappa shape index (κ3) is 2.31. The van der Waals surface area contributed by atoms with E-state index >= 15 is 0 Å². The van der Waals surface area contributed by atoms with E-state index in [9.17, 15) is 0 Å². The summed E-state index contributed by atoms with van der Waals surface area (Å²) >= 11 is 1.49. The summed E-state index contributed by atoms with van der Waals surface area (Å²) in [5.74, 6) is 1.12. The summed E-state index contributed by atoms with van der Waals surface area (Å²) in [4.78, 5) is 0.769. The highest BCUT2D eigenvalue weighted by atomic mass is 32.1. The molecule has 94 valence electrons. The molecule has 7 heteroatoms. The lowest BCUT2D eigenvalue weighted by atomic mass is 10.0. The highest BCUT2D eigenvalue weighted by Gasteiger charge is 2.20. The molecule has 0 spiro atoms. The number of fused-ring (bicyclic) bond motifs is 1. The Morgan fingerprint density at radius 1 is 1.47 bits per heavy atom. The molecule has 6 nitrogen and oxygen atoms in total. The summed E-state index contributed by atoms with van der Waals surface area (Å²) < 4.78 is 6.76. The van der Waals surface area contributed by atoms with Gasteiger partial charge in [0.2, 0.25) is 4.96 Å². The molecule has 0 radical (unpaired) electrons. The summed E-state index contributed by atoms with van der Waals surface area (Å²) in [6, 6.07) is -0.0397. The summed E-state index contributed by atoms with van der Waals surface area (Å²) in [5.41, 5.74) is 6.15. The molecule has 2 aromatic rings. The molecule has 2 aromatic heterocycles. The summed E-state index contributed by atoms with van der Waals surface area (Å²) in [6.45, 7) is 4.66. The molecule has 2 atom stereocenters. The van der Waals surface area contributed by atoms with Crippen molar-refractivity contribution in [3.8, 4) is 0 Å². The van der Waals surface area contributed by atoms with Gasteiger partial charge in [0, 0.05) is 7.11 Å². The minimum absolute atomic E-state index is 0.0397. The van der Waals surface area contributed by atoms with Crippen LogP contribution in [0.1, 0.15) is 37.1 Å². The molecule has 2 rings (SSSR count). The van der Waals surface area contributed by atoms with Crippen molar-refractivity contribution < 1.29 is 4.74 Å². The molecule has 0 aliphatic heterocycles. The van der Waals surface area contributed by atoms with Gasteiger partial charge in [-0.1, -0.05) is 31.6 Å². The maximum absolute atomic E-state index is 6.15. The largest absolute Gasteiger partial charge is 0.377 e. The lowest BCUT2D eigenvalue weighted by molar-refractivity contribution is 0.176. The van der Waals surface area contributed by atoms with Crippen molar-refractivity contribution in [1.29, 1.82) is 0 Å². The molecule has 0 aliphatic carbocycles. The van der Waals surface area contributed by atoms with Crippen LogP contribution in [0.5, 0.6) is 0 Å². The van der Waals surface area contributed by atoms with Gasteiger partial charge in [-0.2, -0.15) is 9.61 Å². The molecule has 2 N–H and O–H groups in total. The van der Waals surface area contributed by atoms with E-state index in [1.807, 2.05) is 0 Å². The van der Waals surface area contributed by atoms with Crippen molar-refractivity contribution in [2.75, 3.05) is 7.11 Å². The van der Waals surface area contributed by atoms with Gasteiger partial charge in [0.05, 0.1) is 6.04 Å². The summed E-state index contributed by atoms with van der Waals surface area (Å²) in [7, 11) is 1.62. The molecule has 2 unspecified atom stereocenters. The highest BCUT2D eigenvalue weighted by molar-refractivity contribution is 7.16. The number of aromatic nitrogens is 4. The van der Waals surface area contributed by atoms with Crippen LogP contribution in [0.15, 0.2) is 0 Å². The van der Waals surface area contributed by atoms with Crippen LogP contribution in [0, 0.1) is 5.92 Å². The first-order valence-electron chi connectivity index (χ1n) is 5.62. The monoisotopic (exact) mass is 255 g/mol. The molecule has 0 saturated carbocycles. The highest BCUT2D eigenvalue weighted by Crippen LogP contribution is 2.26. The van der Waals surface area contributed by atoms with Crippen LogP contribution in [-0.4, -0.2) is 26.9 Å². The van der Waals surface area contributed by atoms with E-state index in [0.29, 0.717) is 18.3 Å². The quantitative estimate of drug-likeness (QED) is 0.873. The Labute approximate surface area is 104 Å². The Balaban J connectivity index is 2.31. The first kappa shape index (κ1) is 12.4. The summed E-state index contributed by atoms with van der Waals surface area (Å²) in [5, 5.41) is 13.4. The van der Waals surface area contributed by atoms with Crippen LogP contribution in [0.2, 0.25) is 0 Å². The smallest absolute Gasteiger partial charge is 0.234 e. The zero-order valence-electron chi connectivity index (χ0n) is 10.3. The first-order valence-corrected chi connectivity index (χ1v) is 6.44. The van der Waals surface area contributed by atoms with Gasteiger partial charge in [-0.05, 0) is 5.92 Å². The molecule has 0 aromatic carbocycles. The van der Waals surface area contributed by atoms with Crippen LogP contribution < -0.4 is 5.73 Å². The SMILES string of the molecule is CCC(C)C(N)c1nn2c(COC)nnc2s1. The Morgan fingerprint density at radius 2 is 2.24 bits per heavy atom. The molecule has 0 amide bonds. The van der Waals surface area contributed by atoms with E-state index in [1.165, 1.54) is 11.3 Å². The van der Waals surface area contributed by atoms with E-state index in [2.05, 4.69) is 29.1 Å². The van der Waals surface area contributed by atoms with Gasteiger partial charge in [-0.25, -0.2) is 0 Å². The van der Waals surface area contributed by atoms with Crippen LogP contribution in [0.25, 0.3) is 4.96 Å².